The van der Waals surface area contributed by atoms with Crippen LogP contribution in [0.15, 0.2) is 0 Å². The lowest BCUT2D eigenvalue weighted by Gasteiger charge is -2.19. The third-order valence-electron chi connectivity index (χ3n) is 2.76. The Kier molecular flexibility index (Phi) is 6.57. The highest BCUT2D eigenvalue weighted by Gasteiger charge is 2.20. The summed E-state index contributed by atoms with van der Waals surface area (Å²) in [6.45, 7) is 2.26. The fourth-order valence-corrected chi connectivity index (χ4v) is 3.11. The lowest BCUT2D eigenvalue weighted by molar-refractivity contribution is 0.424. The second-order valence-electron chi connectivity index (χ2n) is 3.82. The van der Waals surface area contributed by atoms with E-state index >= 15 is 0 Å². The molecule has 0 saturated carbocycles. The molecule has 0 amide bonds. The highest BCUT2D eigenvalue weighted by molar-refractivity contribution is 7.15. The van der Waals surface area contributed by atoms with Crippen molar-refractivity contribution >= 4 is 41.3 Å². The van der Waals surface area contributed by atoms with Gasteiger partial charge < -0.3 is 5.73 Å². The minimum atomic E-state index is 0. The Morgan fingerprint density at radius 2 is 2.20 bits per heavy atom. The van der Waals surface area contributed by atoms with Crippen molar-refractivity contribution in [2.24, 2.45) is 5.92 Å². The molecule has 0 spiro atoms. The quantitative estimate of drug-likeness (QED) is 0.892. The van der Waals surface area contributed by atoms with Crippen LogP contribution in [-0.2, 0) is 12.8 Å². The molecule has 1 aliphatic rings. The molecule has 1 unspecified atom stereocenters. The number of hydrogen-bond donors (Lipinski definition) is 1. The zero-order chi connectivity index (χ0) is 9.26. The number of hydrogen-bond acceptors (Lipinski definition) is 3. The number of anilines is 1. The first-order valence-electron chi connectivity index (χ1n) is 5.03. The molecule has 0 bridgehead atoms. The average Bonchev–Trinajstić information content (AvgIpc) is 2.44. The smallest absolute Gasteiger partial charge is 0.180 e. The van der Waals surface area contributed by atoms with Gasteiger partial charge in [0.1, 0.15) is 0 Å². The molecule has 2 rings (SSSR count). The van der Waals surface area contributed by atoms with Gasteiger partial charge in [0.05, 0.1) is 5.69 Å². The predicted octanol–water partition coefficient (Wildman–Crippen LogP) is 3.47. The number of nitrogens with two attached hydrogens (primary N) is 1. The minimum Gasteiger partial charge on any atom is -0.375 e. The molecule has 1 aromatic heterocycles. The summed E-state index contributed by atoms with van der Waals surface area (Å²) in [6, 6.07) is 0. The first kappa shape index (κ1) is 15.0. The van der Waals surface area contributed by atoms with Gasteiger partial charge in [-0.2, -0.15) is 0 Å². The molecule has 0 aliphatic heterocycles. The van der Waals surface area contributed by atoms with Crippen LogP contribution in [0.5, 0.6) is 0 Å². The minimum absolute atomic E-state index is 0. The third-order valence-corrected chi connectivity index (χ3v) is 3.70. The van der Waals surface area contributed by atoms with Crippen LogP contribution in [0.1, 0.15) is 36.8 Å². The van der Waals surface area contributed by atoms with Gasteiger partial charge in [-0.25, -0.2) is 4.98 Å². The molecule has 88 valence electrons. The summed E-state index contributed by atoms with van der Waals surface area (Å²) >= 11 is 1.69. The molecule has 15 heavy (non-hydrogen) atoms. The molecule has 0 fully saturated rings. The Morgan fingerprint density at radius 1 is 1.47 bits per heavy atom. The molecule has 1 aromatic rings. The van der Waals surface area contributed by atoms with Crippen LogP contribution >= 0.6 is 36.2 Å². The van der Waals surface area contributed by atoms with Gasteiger partial charge in [-0.3, -0.25) is 0 Å². The second-order valence-corrected chi connectivity index (χ2v) is 4.93. The Hall–Kier alpha value is 0.01000. The zero-order valence-electron chi connectivity index (χ0n) is 8.86. The molecule has 1 atom stereocenters. The van der Waals surface area contributed by atoms with Gasteiger partial charge in [-0.05, 0) is 25.2 Å². The monoisotopic (exact) mass is 268 g/mol. The molecular weight excluding hydrogens is 251 g/mol. The maximum absolute atomic E-state index is 5.69. The number of rotatable bonds is 2. The lowest BCUT2D eigenvalue weighted by Crippen LogP contribution is -2.12. The summed E-state index contributed by atoms with van der Waals surface area (Å²) < 4.78 is 0. The van der Waals surface area contributed by atoms with Gasteiger partial charge in [0.15, 0.2) is 5.13 Å². The highest BCUT2D eigenvalue weighted by Crippen LogP contribution is 2.32. The van der Waals surface area contributed by atoms with E-state index < -0.39 is 0 Å². The number of aromatic nitrogens is 1. The average molecular weight is 269 g/mol. The molecular formula is C10H18Cl2N2S. The van der Waals surface area contributed by atoms with E-state index in [-0.39, 0.29) is 24.8 Å². The Bertz CT molecular complexity index is 302. The van der Waals surface area contributed by atoms with Gasteiger partial charge in [0.2, 0.25) is 0 Å². The molecule has 1 heterocycles. The van der Waals surface area contributed by atoms with E-state index in [1.54, 1.807) is 11.3 Å². The van der Waals surface area contributed by atoms with Crippen molar-refractivity contribution < 1.29 is 0 Å². The molecule has 2 N–H and O–H groups in total. The van der Waals surface area contributed by atoms with Crippen molar-refractivity contribution in [2.75, 3.05) is 5.73 Å². The molecule has 0 saturated heterocycles. The van der Waals surface area contributed by atoms with E-state index in [1.807, 2.05) is 0 Å². The maximum atomic E-state index is 5.69. The number of nitrogens with zero attached hydrogens (tertiary/aromatic N) is 1. The van der Waals surface area contributed by atoms with Crippen molar-refractivity contribution in [2.45, 2.75) is 39.0 Å². The first-order valence-corrected chi connectivity index (χ1v) is 5.85. The van der Waals surface area contributed by atoms with Crippen LogP contribution in [0.2, 0.25) is 0 Å². The fourth-order valence-electron chi connectivity index (χ4n) is 2.12. The molecule has 5 heteroatoms. The van der Waals surface area contributed by atoms with Crippen molar-refractivity contribution in [1.29, 1.82) is 0 Å². The SMILES string of the molecule is CCCC1CCc2nc(N)sc2C1.Cl.Cl. The van der Waals surface area contributed by atoms with Crippen LogP contribution in [0.4, 0.5) is 5.13 Å². The number of halogens is 2. The van der Waals surface area contributed by atoms with Crippen LogP contribution in [-0.4, -0.2) is 4.98 Å². The summed E-state index contributed by atoms with van der Waals surface area (Å²) in [6.07, 6.45) is 6.33. The van der Waals surface area contributed by atoms with Crippen molar-refractivity contribution in [3.8, 4) is 0 Å². The third kappa shape index (κ3) is 3.51. The normalized spacial score (nSPS) is 18.6. The van der Waals surface area contributed by atoms with Crippen LogP contribution < -0.4 is 5.73 Å². The topological polar surface area (TPSA) is 38.9 Å². The van der Waals surface area contributed by atoms with E-state index in [4.69, 9.17) is 5.73 Å². The lowest BCUT2D eigenvalue weighted by atomic mass is 9.88. The van der Waals surface area contributed by atoms with Gasteiger partial charge in [0, 0.05) is 4.88 Å². The first-order chi connectivity index (χ1) is 6.29. The number of aryl methyl sites for hydroxylation is 1. The number of nitrogen functional groups attached to an aromatic ring is 1. The van der Waals surface area contributed by atoms with Crippen LogP contribution in [0.3, 0.4) is 0 Å². The summed E-state index contributed by atoms with van der Waals surface area (Å²) in [5, 5.41) is 0.752. The van der Waals surface area contributed by atoms with Crippen LogP contribution in [0, 0.1) is 5.92 Å². The summed E-state index contributed by atoms with van der Waals surface area (Å²) in [4.78, 5) is 5.79. The predicted molar refractivity (Wildman–Crippen MR) is 71.4 cm³/mol. The van der Waals surface area contributed by atoms with Gasteiger partial charge >= 0.3 is 0 Å². The fraction of sp³-hybridized carbons (Fsp3) is 0.700. The maximum Gasteiger partial charge on any atom is 0.180 e. The second kappa shape index (κ2) is 6.56. The van der Waals surface area contributed by atoms with Gasteiger partial charge in [-0.15, -0.1) is 36.2 Å². The largest absolute Gasteiger partial charge is 0.375 e. The van der Waals surface area contributed by atoms with Gasteiger partial charge in [0.25, 0.3) is 0 Å². The standard InChI is InChI=1S/C10H16N2S.2ClH/c1-2-3-7-4-5-8-9(6-7)13-10(11)12-8;;/h7H,2-6H2,1H3,(H2,11,12);2*1H. The van der Waals surface area contributed by atoms with E-state index in [9.17, 15) is 0 Å². The van der Waals surface area contributed by atoms with E-state index in [0.717, 1.165) is 17.5 Å². The molecule has 2 nitrogen and oxygen atoms in total. The van der Waals surface area contributed by atoms with Crippen LogP contribution in [0.25, 0.3) is 0 Å². The van der Waals surface area contributed by atoms with Crippen molar-refractivity contribution in [3.05, 3.63) is 10.6 Å². The van der Waals surface area contributed by atoms with E-state index in [1.165, 1.54) is 36.3 Å². The van der Waals surface area contributed by atoms with Crippen molar-refractivity contribution in [1.82, 2.24) is 4.98 Å². The Labute approximate surface area is 107 Å². The zero-order valence-corrected chi connectivity index (χ0v) is 11.3. The molecule has 1 aliphatic carbocycles. The Morgan fingerprint density at radius 3 is 2.87 bits per heavy atom. The van der Waals surface area contributed by atoms with Crippen molar-refractivity contribution in [3.63, 3.8) is 0 Å². The number of thiazole rings is 1. The Balaban J connectivity index is 0.000000980. The summed E-state index contributed by atoms with van der Waals surface area (Å²) in [7, 11) is 0. The van der Waals surface area contributed by atoms with E-state index in [0.29, 0.717) is 0 Å². The summed E-state index contributed by atoms with van der Waals surface area (Å²) in [5.74, 6) is 0.886. The number of fused-ring (bicyclic) bond motifs is 1. The van der Waals surface area contributed by atoms with Gasteiger partial charge in [-0.1, -0.05) is 19.8 Å². The van der Waals surface area contributed by atoms with E-state index in [2.05, 4.69) is 11.9 Å². The molecule has 0 aromatic carbocycles. The molecule has 0 radical (unpaired) electrons. The highest BCUT2D eigenvalue weighted by atomic mass is 35.5. The summed E-state index contributed by atoms with van der Waals surface area (Å²) in [5.41, 5.74) is 6.96.